The fourth-order valence-corrected chi connectivity index (χ4v) is 5.48. The van der Waals surface area contributed by atoms with Gasteiger partial charge in [0.1, 0.15) is 0 Å². The van der Waals surface area contributed by atoms with E-state index in [9.17, 15) is 4.79 Å². The van der Waals surface area contributed by atoms with Gasteiger partial charge in [-0.25, -0.2) is 9.67 Å². The van der Waals surface area contributed by atoms with Crippen molar-refractivity contribution in [3.8, 4) is 5.69 Å². The predicted octanol–water partition coefficient (Wildman–Crippen LogP) is 4.91. The van der Waals surface area contributed by atoms with Crippen LogP contribution in [0.4, 0.5) is 0 Å². The summed E-state index contributed by atoms with van der Waals surface area (Å²) < 4.78 is 1.99. The van der Waals surface area contributed by atoms with Crippen molar-refractivity contribution in [3.05, 3.63) is 63.4 Å². The maximum absolute atomic E-state index is 13.1. The van der Waals surface area contributed by atoms with Crippen molar-refractivity contribution in [1.82, 2.24) is 24.6 Å². The first-order chi connectivity index (χ1) is 16.2. The van der Waals surface area contributed by atoms with Crippen LogP contribution in [0.2, 0.25) is 0 Å². The molecule has 3 aromatic rings. The van der Waals surface area contributed by atoms with Gasteiger partial charge in [0.15, 0.2) is 0 Å². The van der Waals surface area contributed by atoms with E-state index in [1.165, 1.54) is 10.6 Å². The molecule has 3 heterocycles. The van der Waals surface area contributed by atoms with Gasteiger partial charge in [0, 0.05) is 55.6 Å². The molecule has 0 unspecified atom stereocenters. The monoisotopic (exact) mass is 479 g/mol. The Morgan fingerprint density at radius 2 is 1.82 bits per heavy atom. The number of amides is 1. The van der Waals surface area contributed by atoms with E-state index in [1.54, 1.807) is 11.3 Å². The fourth-order valence-electron chi connectivity index (χ4n) is 4.58. The number of nitrogens with zero attached hydrogens (tertiary/aromatic N) is 5. The van der Waals surface area contributed by atoms with Crippen LogP contribution in [0, 0.1) is 13.8 Å². The van der Waals surface area contributed by atoms with E-state index in [2.05, 4.69) is 50.1 Å². The van der Waals surface area contributed by atoms with Gasteiger partial charge in [0.25, 0.3) is 0 Å². The molecule has 4 rings (SSSR count). The summed E-state index contributed by atoms with van der Waals surface area (Å²) in [5.41, 5.74) is 5.62. The molecule has 0 aliphatic carbocycles. The summed E-state index contributed by atoms with van der Waals surface area (Å²) >= 11 is 1.75. The minimum atomic E-state index is 0.0965. The molecule has 0 atom stereocenters. The van der Waals surface area contributed by atoms with Crippen molar-refractivity contribution in [1.29, 1.82) is 0 Å². The average molecular weight is 480 g/mol. The second-order valence-electron chi connectivity index (χ2n) is 10.3. The van der Waals surface area contributed by atoms with Crippen molar-refractivity contribution in [3.63, 3.8) is 0 Å². The molecular weight excluding hydrogens is 442 g/mol. The lowest BCUT2D eigenvalue weighted by molar-refractivity contribution is -0.131. The van der Waals surface area contributed by atoms with Gasteiger partial charge in [-0.2, -0.15) is 5.10 Å². The predicted molar refractivity (Wildman–Crippen MR) is 139 cm³/mol. The third kappa shape index (κ3) is 5.76. The van der Waals surface area contributed by atoms with Gasteiger partial charge in [-0.15, -0.1) is 11.3 Å². The zero-order valence-electron chi connectivity index (χ0n) is 21.2. The Bertz CT molecular complexity index is 1110. The van der Waals surface area contributed by atoms with E-state index < -0.39 is 0 Å². The molecule has 0 radical (unpaired) electrons. The Morgan fingerprint density at radius 3 is 2.53 bits per heavy atom. The Balaban J connectivity index is 1.32. The molecule has 0 N–H and O–H groups in total. The normalized spacial score (nSPS) is 15.5. The minimum Gasteiger partial charge on any atom is -0.341 e. The van der Waals surface area contributed by atoms with E-state index in [0.717, 1.165) is 68.3 Å². The number of thiazole rings is 1. The lowest BCUT2D eigenvalue weighted by Gasteiger charge is -2.22. The van der Waals surface area contributed by atoms with Gasteiger partial charge in [0.05, 0.1) is 22.1 Å². The number of aryl methyl sites for hydroxylation is 1. The highest BCUT2D eigenvalue weighted by molar-refractivity contribution is 7.09. The number of carbonyl (C=O) groups is 1. The molecule has 1 aliphatic heterocycles. The fraction of sp³-hybridized carbons (Fsp3) is 0.519. The molecule has 7 heteroatoms. The summed E-state index contributed by atoms with van der Waals surface area (Å²) in [5, 5.41) is 8.11. The summed E-state index contributed by atoms with van der Waals surface area (Å²) in [7, 11) is 0. The van der Waals surface area contributed by atoms with Crippen molar-refractivity contribution >= 4 is 17.2 Å². The van der Waals surface area contributed by atoms with Crippen LogP contribution in [-0.4, -0.2) is 56.7 Å². The van der Waals surface area contributed by atoms with Gasteiger partial charge in [0.2, 0.25) is 5.91 Å². The van der Waals surface area contributed by atoms with Gasteiger partial charge in [-0.05, 0) is 44.4 Å². The van der Waals surface area contributed by atoms with Crippen molar-refractivity contribution in [2.24, 2.45) is 0 Å². The topological polar surface area (TPSA) is 54.3 Å². The lowest BCUT2D eigenvalue weighted by atomic mass is 9.98. The molecule has 1 fully saturated rings. The molecule has 182 valence electrons. The summed E-state index contributed by atoms with van der Waals surface area (Å²) in [6, 6.07) is 10.2. The van der Waals surface area contributed by atoms with E-state index in [1.807, 2.05) is 34.7 Å². The molecule has 2 aromatic heterocycles. The SMILES string of the molecule is Cc1nn(-c2ccccc2)c(C)c1CCC(=O)N1CCCN(Cc2csc(C(C)(C)C)n2)CC1. The molecule has 0 bridgehead atoms. The summed E-state index contributed by atoms with van der Waals surface area (Å²) in [6.45, 7) is 15.2. The number of benzene rings is 1. The Kier molecular flexibility index (Phi) is 7.53. The number of para-hydroxylation sites is 1. The van der Waals surface area contributed by atoms with E-state index in [0.29, 0.717) is 6.42 Å². The van der Waals surface area contributed by atoms with E-state index >= 15 is 0 Å². The highest BCUT2D eigenvalue weighted by atomic mass is 32.1. The quantitative estimate of drug-likeness (QED) is 0.504. The first kappa shape index (κ1) is 24.6. The second-order valence-corrected chi connectivity index (χ2v) is 11.2. The molecule has 1 aliphatic rings. The molecule has 34 heavy (non-hydrogen) atoms. The summed E-state index contributed by atoms with van der Waals surface area (Å²) in [4.78, 5) is 22.4. The zero-order chi connectivity index (χ0) is 24.3. The van der Waals surface area contributed by atoms with Crippen LogP contribution in [0.3, 0.4) is 0 Å². The van der Waals surface area contributed by atoms with E-state index in [-0.39, 0.29) is 11.3 Å². The van der Waals surface area contributed by atoms with Crippen LogP contribution in [-0.2, 0) is 23.2 Å². The van der Waals surface area contributed by atoms with Crippen molar-refractivity contribution in [2.45, 2.75) is 65.8 Å². The van der Waals surface area contributed by atoms with Crippen LogP contribution in [0.15, 0.2) is 35.7 Å². The summed E-state index contributed by atoms with van der Waals surface area (Å²) in [5.74, 6) is 0.247. The number of hydrogen-bond acceptors (Lipinski definition) is 5. The number of aromatic nitrogens is 3. The largest absolute Gasteiger partial charge is 0.341 e. The summed E-state index contributed by atoms with van der Waals surface area (Å²) in [6.07, 6.45) is 2.27. The molecule has 1 aromatic carbocycles. The maximum Gasteiger partial charge on any atom is 0.222 e. The molecule has 1 saturated heterocycles. The van der Waals surface area contributed by atoms with Crippen molar-refractivity contribution in [2.75, 3.05) is 26.2 Å². The first-order valence-corrected chi connectivity index (χ1v) is 13.2. The number of hydrogen-bond donors (Lipinski definition) is 0. The first-order valence-electron chi connectivity index (χ1n) is 12.3. The van der Waals surface area contributed by atoms with Crippen molar-refractivity contribution < 1.29 is 4.79 Å². The molecule has 6 nitrogen and oxygen atoms in total. The van der Waals surface area contributed by atoms with Gasteiger partial charge >= 0.3 is 0 Å². The van der Waals surface area contributed by atoms with E-state index in [4.69, 9.17) is 10.1 Å². The molecule has 0 saturated carbocycles. The Hall–Kier alpha value is -2.51. The van der Waals surface area contributed by atoms with Gasteiger partial charge < -0.3 is 4.90 Å². The van der Waals surface area contributed by atoms with Crippen LogP contribution < -0.4 is 0 Å². The van der Waals surface area contributed by atoms with Crippen LogP contribution >= 0.6 is 11.3 Å². The Morgan fingerprint density at radius 1 is 1.06 bits per heavy atom. The Labute approximate surface area is 207 Å². The van der Waals surface area contributed by atoms with Gasteiger partial charge in [-0.1, -0.05) is 39.0 Å². The maximum atomic E-state index is 13.1. The zero-order valence-corrected chi connectivity index (χ0v) is 22.0. The van der Waals surface area contributed by atoms with Gasteiger partial charge in [-0.3, -0.25) is 9.69 Å². The lowest BCUT2D eigenvalue weighted by Crippen LogP contribution is -2.35. The van der Waals surface area contributed by atoms with Crippen LogP contribution in [0.1, 0.15) is 61.3 Å². The molecule has 0 spiro atoms. The third-order valence-electron chi connectivity index (χ3n) is 6.55. The highest BCUT2D eigenvalue weighted by Gasteiger charge is 2.22. The average Bonchev–Trinajstić information content (AvgIpc) is 3.30. The van der Waals surface area contributed by atoms with Crippen LogP contribution in [0.25, 0.3) is 5.69 Å². The number of carbonyl (C=O) groups excluding carboxylic acids is 1. The van der Waals surface area contributed by atoms with Crippen LogP contribution in [0.5, 0.6) is 0 Å². The highest BCUT2D eigenvalue weighted by Crippen LogP contribution is 2.26. The standard InChI is InChI=1S/C27H37N5OS/c1-20-24(21(2)32(29-20)23-10-7-6-8-11-23)12-13-25(33)31-15-9-14-30(16-17-31)18-22-19-34-26(28-22)27(3,4)5/h6-8,10-11,19H,9,12-18H2,1-5H3. The molecular formula is C27H37N5OS. The third-order valence-corrected chi connectivity index (χ3v) is 7.87. The molecule has 1 amide bonds. The minimum absolute atomic E-state index is 0.0965. The number of rotatable bonds is 6. The smallest absolute Gasteiger partial charge is 0.222 e. The second kappa shape index (κ2) is 10.4.